The number of amides is 1. The van der Waals surface area contributed by atoms with E-state index in [4.69, 9.17) is 0 Å². The molecule has 0 aromatic rings. The summed E-state index contributed by atoms with van der Waals surface area (Å²) in [6.07, 6.45) is 6.00. The van der Waals surface area contributed by atoms with Gasteiger partial charge in [0.2, 0.25) is 5.91 Å². The molecule has 0 aromatic heterocycles. The van der Waals surface area contributed by atoms with Crippen LogP contribution in [0.3, 0.4) is 0 Å². The van der Waals surface area contributed by atoms with Crippen molar-refractivity contribution in [1.82, 2.24) is 4.90 Å². The number of hydrogen-bond acceptors (Lipinski definition) is 2. The first kappa shape index (κ1) is 13.9. The SMILES string of the molecule is CC(C)C1CCC(C(=O)N2CCCC(O)C2)CC1. The maximum Gasteiger partial charge on any atom is 0.225 e. The fraction of sp³-hybridized carbons (Fsp3) is 0.933. The molecule has 1 atom stereocenters. The first-order chi connectivity index (χ1) is 8.58. The second-order valence-corrected chi connectivity index (χ2v) is 6.44. The van der Waals surface area contributed by atoms with Crippen LogP contribution < -0.4 is 0 Å². The lowest BCUT2D eigenvalue weighted by molar-refractivity contribution is -0.140. The Morgan fingerprint density at radius 2 is 1.83 bits per heavy atom. The van der Waals surface area contributed by atoms with Gasteiger partial charge in [-0.05, 0) is 50.4 Å². The average molecular weight is 253 g/mol. The maximum absolute atomic E-state index is 12.4. The van der Waals surface area contributed by atoms with Crippen molar-refractivity contribution in [1.29, 1.82) is 0 Å². The van der Waals surface area contributed by atoms with Crippen LogP contribution in [-0.4, -0.2) is 35.1 Å². The molecule has 1 saturated carbocycles. The zero-order valence-electron chi connectivity index (χ0n) is 11.8. The number of carbonyl (C=O) groups excluding carboxylic acids is 1. The van der Waals surface area contributed by atoms with Crippen LogP contribution in [-0.2, 0) is 4.79 Å². The number of piperidine rings is 1. The quantitative estimate of drug-likeness (QED) is 0.821. The second kappa shape index (κ2) is 6.05. The minimum Gasteiger partial charge on any atom is -0.391 e. The second-order valence-electron chi connectivity index (χ2n) is 6.44. The number of rotatable bonds is 2. The zero-order valence-corrected chi connectivity index (χ0v) is 11.8. The molecule has 104 valence electrons. The largest absolute Gasteiger partial charge is 0.391 e. The normalized spacial score (nSPS) is 33.8. The Balaban J connectivity index is 1.83. The molecule has 1 saturated heterocycles. The van der Waals surface area contributed by atoms with Crippen LogP contribution >= 0.6 is 0 Å². The van der Waals surface area contributed by atoms with Crippen LogP contribution in [0.15, 0.2) is 0 Å². The molecule has 0 spiro atoms. The van der Waals surface area contributed by atoms with Gasteiger partial charge in [0.1, 0.15) is 0 Å². The lowest BCUT2D eigenvalue weighted by Crippen LogP contribution is -2.45. The van der Waals surface area contributed by atoms with Crippen molar-refractivity contribution in [3.8, 4) is 0 Å². The van der Waals surface area contributed by atoms with E-state index in [0.717, 1.165) is 44.1 Å². The van der Waals surface area contributed by atoms with E-state index in [0.29, 0.717) is 12.5 Å². The van der Waals surface area contributed by atoms with Gasteiger partial charge in [-0.2, -0.15) is 0 Å². The van der Waals surface area contributed by atoms with Crippen molar-refractivity contribution in [2.24, 2.45) is 17.8 Å². The summed E-state index contributed by atoms with van der Waals surface area (Å²) in [5.74, 6) is 2.08. The van der Waals surface area contributed by atoms with Crippen LogP contribution in [0.25, 0.3) is 0 Å². The van der Waals surface area contributed by atoms with Crippen LogP contribution in [0, 0.1) is 17.8 Å². The number of β-amino-alcohol motifs (C(OH)–C–C–N with tert-alkyl or cyclic N) is 1. The van der Waals surface area contributed by atoms with Gasteiger partial charge < -0.3 is 10.0 Å². The molecule has 0 radical (unpaired) electrons. The molecule has 2 fully saturated rings. The topological polar surface area (TPSA) is 40.5 Å². The van der Waals surface area contributed by atoms with Crippen LogP contribution in [0.2, 0.25) is 0 Å². The third kappa shape index (κ3) is 3.25. The van der Waals surface area contributed by atoms with Crippen LogP contribution in [0.1, 0.15) is 52.4 Å². The molecule has 1 aliphatic heterocycles. The Labute approximate surface area is 111 Å². The van der Waals surface area contributed by atoms with E-state index < -0.39 is 0 Å². The van der Waals surface area contributed by atoms with E-state index in [-0.39, 0.29) is 12.0 Å². The Hall–Kier alpha value is -0.570. The first-order valence-corrected chi connectivity index (χ1v) is 7.54. The summed E-state index contributed by atoms with van der Waals surface area (Å²) in [5.41, 5.74) is 0. The number of aliphatic hydroxyl groups is 1. The highest BCUT2D eigenvalue weighted by Gasteiger charge is 2.32. The van der Waals surface area contributed by atoms with E-state index in [1.54, 1.807) is 0 Å². The summed E-state index contributed by atoms with van der Waals surface area (Å²) in [7, 11) is 0. The van der Waals surface area contributed by atoms with Gasteiger partial charge in [0, 0.05) is 19.0 Å². The van der Waals surface area contributed by atoms with E-state index in [9.17, 15) is 9.90 Å². The van der Waals surface area contributed by atoms with Crippen molar-refractivity contribution in [3.63, 3.8) is 0 Å². The number of carbonyl (C=O) groups is 1. The van der Waals surface area contributed by atoms with Crippen molar-refractivity contribution >= 4 is 5.91 Å². The first-order valence-electron chi connectivity index (χ1n) is 7.54. The lowest BCUT2D eigenvalue weighted by atomic mass is 9.76. The minimum absolute atomic E-state index is 0.227. The van der Waals surface area contributed by atoms with Gasteiger partial charge in [0.25, 0.3) is 0 Å². The molecule has 0 aromatic carbocycles. The molecule has 18 heavy (non-hydrogen) atoms. The molecular formula is C15H27NO2. The van der Waals surface area contributed by atoms with Gasteiger partial charge in [0.15, 0.2) is 0 Å². The van der Waals surface area contributed by atoms with Crippen molar-refractivity contribution < 1.29 is 9.90 Å². The summed E-state index contributed by atoms with van der Waals surface area (Å²) < 4.78 is 0. The summed E-state index contributed by atoms with van der Waals surface area (Å²) in [5, 5.41) is 9.65. The smallest absolute Gasteiger partial charge is 0.225 e. The van der Waals surface area contributed by atoms with Gasteiger partial charge in [-0.3, -0.25) is 4.79 Å². The Morgan fingerprint density at radius 3 is 2.39 bits per heavy atom. The van der Waals surface area contributed by atoms with E-state index in [2.05, 4.69) is 13.8 Å². The number of likely N-dealkylation sites (tertiary alicyclic amines) is 1. The van der Waals surface area contributed by atoms with Crippen molar-refractivity contribution in [2.75, 3.05) is 13.1 Å². The molecule has 0 bridgehead atoms. The van der Waals surface area contributed by atoms with Crippen LogP contribution in [0.5, 0.6) is 0 Å². The molecule has 2 aliphatic rings. The number of aliphatic hydroxyl groups excluding tert-OH is 1. The Kier molecular flexibility index (Phi) is 4.66. The van der Waals surface area contributed by atoms with Gasteiger partial charge in [-0.1, -0.05) is 13.8 Å². The highest BCUT2D eigenvalue weighted by Crippen LogP contribution is 2.34. The molecular weight excluding hydrogens is 226 g/mol. The molecule has 1 aliphatic carbocycles. The molecule has 2 rings (SSSR count). The predicted molar refractivity (Wildman–Crippen MR) is 72.1 cm³/mol. The fourth-order valence-corrected chi connectivity index (χ4v) is 3.45. The fourth-order valence-electron chi connectivity index (χ4n) is 3.45. The average Bonchev–Trinajstić information content (AvgIpc) is 2.38. The van der Waals surface area contributed by atoms with Gasteiger partial charge in [-0.15, -0.1) is 0 Å². The summed E-state index contributed by atoms with van der Waals surface area (Å²) in [6, 6.07) is 0. The lowest BCUT2D eigenvalue weighted by Gasteiger charge is -2.36. The molecule has 3 heteroatoms. The highest BCUT2D eigenvalue weighted by atomic mass is 16.3. The van der Waals surface area contributed by atoms with E-state index in [1.165, 1.54) is 12.8 Å². The van der Waals surface area contributed by atoms with E-state index in [1.807, 2.05) is 4.90 Å². The Morgan fingerprint density at radius 1 is 1.17 bits per heavy atom. The molecule has 1 heterocycles. The summed E-state index contributed by atoms with van der Waals surface area (Å²) >= 11 is 0. The third-order valence-corrected chi connectivity index (χ3v) is 4.77. The number of nitrogens with zero attached hydrogens (tertiary/aromatic N) is 1. The van der Waals surface area contributed by atoms with Gasteiger partial charge in [-0.25, -0.2) is 0 Å². The summed E-state index contributed by atoms with van der Waals surface area (Å²) in [6.45, 7) is 5.98. The summed E-state index contributed by atoms with van der Waals surface area (Å²) in [4.78, 5) is 14.3. The Bertz CT molecular complexity index is 282. The monoisotopic (exact) mass is 253 g/mol. The van der Waals surface area contributed by atoms with Gasteiger partial charge in [0.05, 0.1) is 6.10 Å². The molecule has 3 nitrogen and oxygen atoms in total. The molecule has 1 N–H and O–H groups in total. The minimum atomic E-state index is -0.297. The molecule has 1 amide bonds. The standard InChI is InChI=1S/C15H27NO2/c1-11(2)12-5-7-13(8-6-12)15(18)16-9-3-4-14(17)10-16/h11-14,17H,3-10H2,1-2H3. The zero-order chi connectivity index (χ0) is 13.1. The molecule has 1 unspecified atom stereocenters. The van der Waals surface area contributed by atoms with Crippen molar-refractivity contribution in [3.05, 3.63) is 0 Å². The van der Waals surface area contributed by atoms with Gasteiger partial charge >= 0.3 is 0 Å². The highest BCUT2D eigenvalue weighted by molar-refractivity contribution is 5.79. The van der Waals surface area contributed by atoms with E-state index >= 15 is 0 Å². The predicted octanol–water partition coefficient (Wildman–Crippen LogP) is 2.43. The van der Waals surface area contributed by atoms with Crippen molar-refractivity contribution in [2.45, 2.75) is 58.5 Å². The van der Waals surface area contributed by atoms with Crippen LogP contribution in [0.4, 0.5) is 0 Å². The third-order valence-electron chi connectivity index (χ3n) is 4.77. The number of hydrogen-bond donors (Lipinski definition) is 1. The maximum atomic E-state index is 12.4.